The van der Waals surface area contributed by atoms with Crippen LogP contribution < -0.4 is 0 Å². The van der Waals surface area contributed by atoms with E-state index >= 15 is 0 Å². The average Bonchev–Trinajstić information content (AvgIpc) is 2.43. The van der Waals surface area contributed by atoms with Gasteiger partial charge in [-0.1, -0.05) is 23.7 Å². The molecular formula is C15H17ClF4O. The first-order valence-electron chi connectivity index (χ1n) is 6.96. The van der Waals surface area contributed by atoms with Gasteiger partial charge in [-0.05, 0) is 43.2 Å². The van der Waals surface area contributed by atoms with Crippen molar-refractivity contribution in [1.82, 2.24) is 0 Å². The number of aliphatic hydroxyl groups excluding tert-OH is 1. The van der Waals surface area contributed by atoms with Gasteiger partial charge in [0, 0.05) is 6.42 Å². The first-order chi connectivity index (χ1) is 9.79. The SMILES string of the molecule is OC(Cc1cccc(Cl)c1F)C1CCC(C(F)(F)F)CC1. The third kappa shape index (κ3) is 4.10. The molecule has 0 aliphatic heterocycles. The van der Waals surface area contributed by atoms with Gasteiger partial charge < -0.3 is 5.11 Å². The number of benzene rings is 1. The predicted octanol–water partition coefficient (Wildman–Crippen LogP) is 4.75. The molecule has 1 saturated carbocycles. The maximum absolute atomic E-state index is 13.8. The molecule has 0 saturated heterocycles. The molecule has 0 spiro atoms. The molecule has 1 N–H and O–H groups in total. The third-order valence-corrected chi connectivity index (χ3v) is 4.53. The van der Waals surface area contributed by atoms with Crippen molar-refractivity contribution in [2.24, 2.45) is 11.8 Å². The molecule has 1 unspecified atom stereocenters. The van der Waals surface area contributed by atoms with Gasteiger partial charge in [-0.2, -0.15) is 13.2 Å². The molecule has 1 aliphatic carbocycles. The van der Waals surface area contributed by atoms with E-state index in [1.165, 1.54) is 12.1 Å². The summed E-state index contributed by atoms with van der Waals surface area (Å²) < 4.78 is 51.5. The summed E-state index contributed by atoms with van der Waals surface area (Å²) in [6.07, 6.45) is -4.23. The minimum atomic E-state index is -4.16. The highest BCUT2D eigenvalue weighted by Gasteiger charge is 2.42. The van der Waals surface area contributed by atoms with Crippen molar-refractivity contribution in [3.05, 3.63) is 34.6 Å². The Balaban J connectivity index is 1.93. The quantitative estimate of drug-likeness (QED) is 0.795. The molecular weight excluding hydrogens is 308 g/mol. The highest BCUT2D eigenvalue weighted by molar-refractivity contribution is 6.30. The Labute approximate surface area is 125 Å². The van der Waals surface area contributed by atoms with Crippen LogP contribution in [0.1, 0.15) is 31.2 Å². The van der Waals surface area contributed by atoms with E-state index in [0.717, 1.165) is 0 Å². The Hall–Kier alpha value is -0.810. The minimum Gasteiger partial charge on any atom is -0.392 e. The maximum Gasteiger partial charge on any atom is 0.391 e. The highest BCUT2D eigenvalue weighted by atomic mass is 35.5. The van der Waals surface area contributed by atoms with E-state index in [4.69, 9.17) is 11.6 Å². The fourth-order valence-electron chi connectivity index (χ4n) is 2.93. The Morgan fingerprint density at radius 1 is 1.19 bits per heavy atom. The number of aliphatic hydroxyl groups is 1. The first-order valence-corrected chi connectivity index (χ1v) is 7.34. The minimum absolute atomic E-state index is 0.0134. The summed E-state index contributed by atoms with van der Waals surface area (Å²) in [7, 11) is 0. The van der Waals surface area contributed by atoms with Crippen LogP contribution in [0.15, 0.2) is 18.2 Å². The van der Waals surface area contributed by atoms with Gasteiger partial charge in [0.1, 0.15) is 5.82 Å². The van der Waals surface area contributed by atoms with Crippen LogP contribution in [0.25, 0.3) is 0 Å². The molecule has 0 amide bonds. The second kappa shape index (κ2) is 6.53. The predicted molar refractivity (Wildman–Crippen MR) is 72.6 cm³/mol. The van der Waals surface area contributed by atoms with E-state index in [9.17, 15) is 22.7 Å². The lowest BCUT2D eigenvalue weighted by atomic mass is 9.78. The second-order valence-electron chi connectivity index (χ2n) is 5.64. The summed E-state index contributed by atoms with van der Waals surface area (Å²) in [4.78, 5) is 0. The van der Waals surface area contributed by atoms with Gasteiger partial charge >= 0.3 is 6.18 Å². The van der Waals surface area contributed by atoms with Crippen molar-refractivity contribution in [2.75, 3.05) is 0 Å². The van der Waals surface area contributed by atoms with Crippen molar-refractivity contribution in [3.63, 3.8) is 0 Å². The summed E-state index contributed by atoms with van der Waals surface area (Å²) in [6, 6.07) is 4.54. The van der Waals surface area contributed by atoms with Gasteiger partial charge in [-0.3, -0.25) is 0 Å². The third-order valence-electron chi connectivity index (χ3n) is 4.24. The van der Waals surface area contributed by atoms with Gasteiger partial charge in [-0.25, -0.2) is 4.39 Å². The second-order valence-corrected chi connectivity index (χ2v) is 6.04. The summed E-state index contributed by atoms with van der Waals surface area (Å²) >= 11 is 5.67. The Kier molecular flexibility index (Phi) is 5.15. The standard InChI is InChI=1S/C15H17ClF4O/c16-12-3-1-2-10(14(12)17)8-13(21)9-4-6-11(7-5-9)15(18,19)20/h1-3,9,11,13,21H,4-8H2. The molecule has 1 atom stereocenters. The molecule has 1 nitrogen and oxygen atoms in total. The molecule has 1 aromatic rings. The largest absolute Gasteiger partial charge is 0.392 e. The van der Waals surface area contributed by atoms with Crippen molar-refractivity contribution < 1.29 is 22.7 Å². The van der Waals surface area contributed by atoms with Crippen molar-refractivity contribution in [1.29, 1.82) is 0 Å². The maximum atomic E-state index is 13.8. The van der Waals surface area contributed by atoms with Crippen molar-refractivity contribution in [3.8, 4) is 0 Å². The van der Waals surface area contributed by atoms with Crippen LogP contribution in [0.5, 0.6) is 0 Å². The number of alkyl halides is 3. The lowest BCUT2D eigenvalue weighted by Gasteiger charge is -2.32. The zero-order chi connectivity index (χ0) is 15.6. The smallest absolute Gasteiger partial charge is 0.391 e. The zero-order valence-corrected chi connectivity index (χ0v) is 12.1. The fourth-order valence-corrected chi connectivity index (χ4v) is 3.12. The Morgan fingerprint density at radius 2 is 1.81 bits per heavy atom. The van der Waals surface area contributed by atoms with Crippen LogP contribution in [0.2, 0.25) is 5.02 Å². The lowest BCUT2D eigenvalue weighted by molar-refractivity contribution is -0.185. The van der Waals surface area contributed by atoms with Gasteiger partial charge in [0.25, 0.3) is 0 Å². The number of rotatable bonds is 3. The van der Waals surface area contributed by atoms with E-state index in [-0.39, 0.29) is 30.2 Å². The van der Waals surface area contributed by atoms with E-state index in [1.807, 2.05) is 0 Å². The lowest BCUT2D eigenvalue weighted by Crippen LogP contribution is -2.33. The Bertz CT molecular complexity index is 481. The van der Waals surface area contributed by atoms with Crippen LogP contribution in [-0.4, -0.2) is 17.4 Å². The molecule has 118 valence electrons. The fraction of sp³-hybridized carbons (Fsp3) is 0.600. The molecule has 2 rings (SSSR count). The van der Waals surface area contributed by atoms with Crippen LogP contribution >= 0.6 is 11.6 Å². The summed E-state index contributed by atoms with van der Waals surface area (Å²) in [6.45, 7) is 0. The van der Waals surface area contributed by atoms with Crippen LogP contribution in [-0.2, 0) is 6.42 Å². The zero-order valence-electron chi connectivity index (χ0n) is 11.3. The van der Waals surface area contributed by atoms with Gasteiger partial charge in [0.2, 0.25) is 0 Å². The van der Waals surface area contributed by atoms with Crippen LogP contribution in [0.3, 0.4) is 0 Å². The molecule has 0 aromatic heterocycles. The van der Waals surface area contributed by atoms with Crippen LogP contribution in [0, 0.1) is 17.7 Å². The highest BCUT2D eigenvalue weighted by Crippen LogP contribution is 2.40. The Morgan fingerprint density at radius 3 is 2.38 bits per heavy atom. The monoisotopic (exact) mass is 324 g/mol. The van der Waals surface area contributed by atoms with E-state index in [2.05, 4.69) is 0 Å². The normalized spacial score (nSPS) is 24.9. The summed E-state index contributed by atoms with van der Waals surface area (Å²) in [5, 5.41) is 10.1. The number of hydrogen-bond acceptors (Lipinski definition) is 1. The van der Waals surface area contributed by atoms with Gasteiger partial charge in [-0.15, -0.1) is 0 Å². The summed E-state index contributed by atoms with van der Waals surface area (Å²) in [5.41, 5.74) is 0.299. The number of halogens is 5. The van der Waals surface area contributed by atoms with E-state index in [1.54, 1.807) is 6.07 Å². The summed E-state index contributed by atoms with van der Waals surface area (Å²) in [5.74, 6) is -2.06. The van der Waals surface area contributed by atoms with Gasteiger partial charge in [0.05, 0.1) is 17.0 Å². The first kappa shape index (κ1) is 16.6. The topological polar surface area (TPSA) is 20.2 Å². The van der Waals surface area contributed by atoms with Crippen molar-refractivity contribution in [2.45, 2.75) is 44.4 Å². The molecule has 21 heavy (non-hydrogen) atoms. The van der Waals surface area contributed by atoms with Crippen LogP contribution in [0.4, 0.5) is 17.6 Å². The van der Waals surface area contributed by atoms with E-state index < -0.39 is 24.0 Å². The molecule has 1 aliphatic rings. The molecule has 1 fully saturated rings. The molecule has 0 radical (unpaired) electrons. The van der Waals surface area contributed by atoms with E-state index in [0.29, 0.717) is 18.4 Å². The molecule has 1 aromatic carbocycles. The molecule has 6 heteroatoms. The molecule has 0 bridgehead atoms. The molecule has 0 heterocycles. The van der Waals surface area contributed by atoms with Gasteiger partial charge in [0.15, 0.2) is 0 Å². The number of hydrogen-bond donors (Lipinski definition) is 1. The van der Waals surface area contributed by atoms with Crippen molar-refractivity contribution >= 4 is 11.6 Å². The average molecular weight is 325 g/mol.